The van der Waals surface area contributed by atoms with Crippen molar-refractivity contribution in [1.29, 1.82) is 0 Å². The van der Waals surface area contributed by atoms with E-state index in [0.29, 0.717) is 5.92 Å². The number of nitrogens with two attached hydrogens (primary N) is 1. The molecule has 0 radical (unpaired) electrons. The Bertz CT molecular complexity index is 541. The summed E-state index contributed by atoms with van der Waals surface area (Å²) in [5, 5.41) is 0. The van der Waals surface area contributed by atoms with Crippen LogP contribution in [0.5, 0.6) is 0 Å². The van der Waals surface area contributed by atoms with Gasteiger partial charge in [-0.15, -0.1) is 0 Å². The van der Waals surface area contributed by atoms with E-state index in [9.17, 15) is 0 Å². The average molecular weight is 282 g/mol. The first-order valence-corrected chi connectivity index (χ1v) is 7.67. The molecule has 0 bridgehead atoms. The number of hydrogen-bond donors (Lipinski definition) is 1. The monoisotopic (exact) mass is 282 g/mol. The van der Waals surface area contributed by atoms with Crippen molar-refractivity contribution < 1.29 is 0 Å². The maximum Gasteiger partial charge on any atom is 0.0361 e. The Morgan fingerprint density at radius 1 is 0.905 bits per heavy atom. The van der Waals surface area contributed by atoms with Gasteiger partial charge in [0, 0.05) is 19.8 Å². The van der Waals surface area contributed by atoms with Crippen LogP contribution in [-0.2, 0) is 6.42 Å². The first-order valence-electron chi connectivity index (χ1n) is 7.67. The molecule has 0 saturated heterocycles. The minimum absolute atomic E-state index is 0.653. The summed E-state index contributed by atoms with van der Waals surface area (Å²) in [7, 11) is 4.12. The highest BCUT2D eigenvalue weighted by atomic mass is 15.1. The number of hydrogen-bond acceptors (Lipinski definition) is 2. The topological polar surface area (TPSA) is 29.3 Å². The van der Waals surface area contributed by atoms with Crippen molar-refractivity contribution in [2.45, 2.75) is 19.8 Å². The van der Waals surface area contributed by atoms with Gasteiger partial charge in [0.25, 0.3) is 0 Å². The van der Waals surface area contributed by atoms with E-state index in [-0.39, 0.29) is 0 Å². The van der Waals surface area contributed by atoms with Gasteiger partial charge in [0.1, 0.15) is 0 Å². The third-order valence-corrected chi connectivity index (χ3v) is 3.91. The second-order valence-corrected chi connectivity index (χ2v) is 6.02. The molecule has 2 N–H and O–H groups in total. The molecule has 1 unspecified atom stereocenters. The molecule has 2 aromatic rings. The lowest BCUT2D eigenvalue weighted by Gasteiger charge is -2.13. The molecule has 0 aromatic heterocycles. The molecule has 21 heavy (non-hydrogen) atoms. The zero-order valence-corrected chi connectivity index (χ0v) is 13.3. The van der Waals surface area contributed by atoms with Crippen molar-refractivity contribution in [2.75, 3.05) is 25.5 Å². The minimum atomic E-state index is 0.653. The molecule has 0 heterocycles. The first-order chi connectivity index (χ1) is 10.1. The molecule has 0 spiro atoms. The van der Waals surface area contributed by atoms with Crippen LogP contribution in [0.25, 0.3) is 11.1 Å². The highest BCUT2D eigenvalue weighted by molar-refractivity contribution is 5.66. The van der Waals surface area contributed by atoms with Crippen LogP contribution >= 0.6 is 0 Å². The molecule has 0 amide bonds. The fraction of sp³-hybridized carbons (Fsp3) is 0.368. The summed E-state index contributed by atoms with van der Waals surface area (Å²) >= 11 is 0. The first kappa shape index (κ1) is 15.6. The van der Waals surface area contributed by atoms with Crippen molar-refractivity contribution in [3.63, 3.8) is 0 Å². The molecule has 112 valence electrons. The third kappa shape index (κ3) is 4.33. The Balaban J connectivity index is 2.07. The summed E-state index contributed by atoms with van der Waals surface area (Å²) in [5.74, 6) is 0.653. The molecule has 0 aliphatic heterocycles. The molecule has 0 aliphatic carbocycles. The van der Waals surface area contributed by atoms with Crippen molar-refractivity contribution >= 4 is 5.69 Å². The van der Waals surface area contributed by atoms with E-state index in [2.05, 4.69) is 74.4 Å². The maximum atomic E-state index is 5.61. The van der Waals surface area contributed by atoms with E-state index in [1.54, 1.807) is 0 Å². The Morgan fingerprint density at radius 3 is 1.90 bits per heavy atom. The molecular formula is C19H26N2. The SMILES string of the molecule is CC(CCN)Cc1ccc(-c2ccc(N(C)C)cc2)cc1. The smallest absolute Gasteiger partial charge is 0.0361 e. The average Bonchev–Trinajstić information content (AvgIpc) is 2.48. The van der Waals surface area contributed by atoms with E-state index in [0.717, 1.165) is 19.4 Å². The fourth-order valence-corrected chi connectivity index (χ4v) is 2.57. The summed E-state index contributed by atoms with van der Waals surface area (Å²) in [5.41, 5.74) is 10.8. The van der Waals surface area contributed by atoms with Gasteiger partial charge >= 0.3 is 0 Å². The number of anilines is 1. The van der Waals surface area contributed by atoms with Gasteiger partial charge in [-0.25, -0.2) is 0 Å². The third-order valence-electron chi connectivity index (χ3n) is 3.91. The number of nitrogens with zero attached hydrogens (tertiary/aromatic N) is 1. The Labute approximate surface area is 128 Å². The van der Waals surface area contributed by atoms with Gasteiger partial charge in [-0.1, -0.05) is 43.3 Å². The van der Waals surface area contributed by atoms with Gasteiger partial charge in [-0.05, 0) is 54.1 Å². The molecule has 2 nitrogen and oxygen atoms in total. The lowest BCUT2D eigenvalue weighted by Crippen LogP contribution is -2.08. The van der Waals surface area contributed by atoms with Crippen LogP contribution in [0.15, 0.2) is 48.5 Å². The predicted octanol–water partition coefficient (Wildman–Crippen LogP) is 3.95. The molecule has 2 aromatic carbocycles. The van der Waals surface area contributed by atoms with Crippen LogP contribution in [0, 0.1) is 5.92 Å². The van der Waals surface area contributed by atoms with Crippen LogP contribution in [-0.4, -0.2) is 20.6 Å². The highest BCUT2D eigenvalue weighted by Crippen LogP contribution is 2.23. The lowest BCUT2D eigenvalue weighted by atomic mass is 9.96. The van der Waals surface area contributed by atoms with E-state index in [1.807, 2.05) is 0 Å². The molecule has 0 saturated carbocycles. The van der Waals surface area contributed by atoms with Gasteiger partial charge in [0.2, 0.25) is 0 Å². The molecule has 0 fully saturated rings. The van der Waals surface area contributed by atoms with Crippen LogP contribution in [0.3, 0.4) is 0 Å². The second kappa shape index (κ2) is 7.28. The molecule has 1 atom stereocenters. The minimum Gasteiger partial charge on any atom is -0.378 e. The van der Waals surface area contributed by atoms with Gasteiger partial charge in [-0.3, -0.25) is 0 Å². The molecular weight excluding hydrogens is 256 g/mol. The van der Waals surface area contributed by atoms with E-state index in [4.69, 9.17) is 5.73 Å². The number of rotatable bonds is 6. The number of benzene rings is 2. The largest absolute Gasteiger partial charge is 0.378 e. The fourth-order valence-electron chi connectivity index (χ4n) is 2.57. The van der Waals surface area contributed by atoms with Crippen molar-refractivity contribution in [2.24, 2.45) is 11.7 Å². The maximum absolute atomic E-state index is 5.61. The molecule has 2 heteroatoms. The van der Waals surface area contributed by atoms with Gasteiger partial charge in [0.05, 0.1) is 0 Å². The summed E-state index contributed by atoms with van der Waals surface area (Å²) in [6.07, 6.45) is 2.20. The molecule has 2 rings (SSSR count). The highest BCUT2D eigenvalue weighted by Gasteiger charge is 2.04. The quantitative estimate of drug-likeness (QED) is 0.869. The zero-order chi connectivity index (χ0) is 15.2. The van der Waals surface area contributed by atoms with Crippen LogP contribution in [0.2, 0.25) is 0 Å². The van der Waals surface area contributed by atoms with Crippen molar-refractivity contribution in [3.05, 3.63) is 54.1 Å². The van der Waals surface area contributed by atoms with E-state index < -0.39 is 0 Å². The van der Waals surface area contributed by atoms with E-state index in [1.165, 1.54) is 22.4 Å². The van der Waals surface area contributed by atoms with E-state index >= 15 is 0 Å². The Morgan fingerprint density at radius 2 is 1.43 bits per heavy atom. The lowest BCUT2D eigenvalue weighted by molar-refractivity contribution is 0.538. The summed E-state index contributed by atoms with van der Waals surface area (Å²) in [4.78, 5) is 2.12. The zero-order valence-electron chi connectivity index (χ0n) is 13.3. The second-order valence-electron chi connectivity index (χ2n) is 6.02. The van der Waals surface area contributed by atoms with Gasteiger partial charge < -0.3 is 10.6 Å². The van der Waals surface area contributed by atoms with Crippen molar-refractivity contribution in [3.8, 4) is 11.1 Å². The standard InChI is InChI=1S/C19H26N2/c1-15(12-13-20)14-16-4-6-17(7-5-16)18-8-10-19(11-9-18)21(2)3/h4-11,15H,12-14,20H2,1-3H3. The van der Waals surface area contributed by atoms with Crippen LogP contribution < -0.4 is 10.6 Å². The Kier molecular flexibility index (Phi) is 5.40. The molecule has 0 aliphatic rings. The van der Waals surface area contributed by atoms with Crippen LogP contribution in [0.1, 0.15) is 18.9 Å². The van der Waals surface area contributed by atoms with Crippen LogP contribution in [0.4, 0.5) is 5.69 Å². The summed E-state index contributed by atoms with van der Waals surface area (Å²) in [6, 6.07) is 17.6. The summed E-state index contributed by atoms with van der Waals surface area (Å²) in [6.45, 7) is 3.04. The summed E-state index contributed by atoms with van der Waals surface area (Å²) < 4.78 is 0. The normalized spacial score (nSPS) is 12.2. The Hall–Kier alpha value is -1.80. The van der Waals surface area contributed by atoms with Gasteiger partial charge in [0.15, 0.2) is 0 Å². The van der Waals surface area contributed by atoms with Gasteiger partial charge in [-0.2, -0.15) is 0 Å². The predicted molar refractivity (Wildman–Crippen MR) is 92.7 cm³/mol. The van der Waals surface area contributed by atoms with Crippen molar-refractivity contribution in [1.82, 2.24) is 0 Å².